The van der Waals surface area contributed by atoms with Crippen molar-refractivity contribution in [1.82, 2.24) is 0 Å². The van der Waals surface area contributed by atoms with Crippen molar-refractivity contribution in [3.63, 3.8) is 0 Å². The normalized spacial score (nSPS) is 11.6. The Morgan fingerprint density at radius 2 is 1.07 bits per heavy atom. The third-order valence-corrected chi connectivity index (χ3v) is 6.48. The van der Waals surface area contributed by atoms with Crippen LogP contribution in [-0.2, 0) is 4.79 Å². The molecule has 1 atom stereocenters. The Hall–Kier alpha value is -5.18. The van der Waals surface area contributed by atoms with E-state index < -0.39 is 29.2 Å². The molecule has 41 heavy (non-hydrogen) atoms. The number of carbonyl (C=O) groups is 2. The van der Waals surface area contributed by atoms with Gasteiger partial charge in [-0.2, -0.15) is 0 Å². The SMILES string of the molecule is CCCC(C)CC(=O)Oc1c(O)c(-c2ccc(O)cc2)c(OC(=O)c2ccc(O)cc2)c(O)c1-c1ccc(O)cc1. The van der Waals surface area contributed by atoms with Crippen LogP contribution in [0.25, 0.3) is 22.3 Å². The van der Waals surface area contributed by atoms with E-state index in [0.717, 1.165) is 12.8 Å². The lowest BCUT2D eigenvalue weighted by molar-refractivity contribution is -0.135. The van der Waals surface area contributed by atoms with Crippen molar-refractivity contribution in [2.24, 2.45) is 5.92 Å². The van der Waals surface area contributed by atoms with Gasteiger partial charge in [0.1, 0.15) is 17.2 Å². The van der Waals surface area contributed by atoms with E-state index in [0.29, 0.717) is 0 Å². The molecule has 4 rings (SSSR count). The Balaban J connectivity index is 1.95. The second kappa shape index (κ2) is 12.3. The number of carbonyl (C=O) groups excluding carboxylic acids is 2. The average molecular weight is 559 g/mol. The molecular weight excluding hydrogens is 528 g/mol. The van der Waals surface area contributed by atoms with Gasteiger partial charge in [-0.15, -0.1) is 0 Å². The topological polar surface area (TPSA) is 154 Å². The fourth-order valence-corrected chi connectivity index (χ4v) is 4.45. The molecule has 0 spiro atoms. The minimum absolute atomic E-state index is 0.00229. The minimum Gasteiger partial charge on any atom is -0.508 e. The van der Waals surface area contributed by atoms with Gasteiger partial charge in [-0.3, -0.25) is 4.79 Å². The molecule has 0 amide bonds. The van der Waals surface area contributed by atoms with E-state index in [1.165, 1.54) is 72.8 Å². The number of hydrogen-bond donors (Lipinski definition) is 5. The largest absolute Gasteiger partial charge is 0.508 e. The van der Waals surface area contributed by atoms with Crippen LogP contribution in [0.5, 0.6) is 40.2 Å². The Bertz CT molecular complexity index is 1540. The highest BCUT2D eigenvalue weighted by molar-refractivity contribution is 5.98. The van der Waals surface area contributed by atoms with Crippen LogP contribution in [0.3, 0.4) is 0 Å². The lowest BCUT2D eigenvalue weighted by Crippen LogP contribution is -2.14. The zero-order valence-corrected chi connectivity index (χ0v) is 22.5. The van der Waals surface area contributed by atoms with Crippen LogP contribution in [0.1, 0.15) is 43.5 Å². The summed E-state index contributed by atoms with van der Waals surface area (Å²) in [7, 11) is 0. The maximum atomic E-state index is 13.1. The van der Waals surface area contributed by atoms with E-state index in [4.69, 9.17) is 9.47 Å². The van der Waals surface area contributed by atoms with E-state index in [1.54, 1.807) is 0 Å². The van der Waals surface area contributed by atoms with Gasteiger partial charge in [0, 0.05) is 6.42 Å². The molecule has 0 bridgehead atoms. The molecule has 0 fully saturated rings. The Kier molecular flexibility index (Phi) is 8.67. The maximum Gasteiger partial charge on any atom is 0.343 e. The van der Waals surface area contributed by atoms with Crippen molar-refractivity contribution in [3.05, 3.63) is 78.4 Å². The lowest BCUT2D eigenvalue weighted by atomic mass is 9.95. The first-order valence-electron chi connectivity index (χ1n) is 13.0. The third-order valence-electron chi connectivity index (χ3n) is 6.48. The predicted molar refractivity (Wildman–Crippen MR) is 151 cm³/mol. The predicted octanol–water partition coefficient (Wildman–Crippen LogP) is 6.50. The Labute approximate surface area is 236 Å². The van der Waals surface area contributed by atoms with E-state index in [2.05, 4.69) is 0 Å². The van der Waals surface area contributed by atoms with Gasteiger partial charge in [0.05, 0.1) is 16.7 Å². The maximum absolute atomic E-state index is 13.1. The van der Waals surface area contributed by atoms with E-state index in [1.807, 2.05) is 13.8 Å². The van der Waals surface area contributed by atoms with Crippen LogP contribution in [0.15, 0.2) is 72.8 Å². The molecule has 4 aromatic carbocycles. The summed E-state index contributed by atoms with van der Waals surface area (Å²) in [4.78, 5) is 26.1. The van der Waals surface area contributed by atoms with Gasteiger partial charge in [-0.25, -0.2) is 4.79 Å². The molecule has 0 heterocycles. The monoisotopic (exact) mass is 558 g/mol. The van der Waals surface area contributed by atoms with E-state index in [-0.39, 0.29) is 63.2 Å². The lowest BCUT2D eigenvalue weighted by Gasteiger charge is -2.21. The van der Waals surface area contributed by atoms with Crippen LogP contribution >= 0.6 is 0 Å². The molecule has 0 saturated heterocycles. The van der Waals surface area contributed by atoms with Crippen molar-refractivity contribution in [2.45, 2.75) is 33.1 Å². The molecule has 0 saturated carbocycles. The molecule has 0 aliphatic rings. The number of phenols is 5. The summed E-state index contributed by atoms with van der Waals surface area (Å²) in [5.74, 6) is -3.77. The van der Waals surface area contributed by atoms with Crippen molar-refractivity contribution in [3.8, 4) is 62.5 Å². The standard InChI is InChI=1S/C32H30O9/c1-3-4-18(2)17-25(36)40-30-26(19-5-11-22(33)12-6-19)29(38)31(41-32(39)21-9-15-24(35)16-10-21)27(28(30)37)20-7-13-23(34)14-8-20/h5-16,18,33-35,37-38H,3-4,17H2,1-2H3. The summed E-state index contributed by atoms with van der Waals surface area (Å²) in [5, 5.41) is 52.4. The summed E-state index contributed by atoms with van der Waals surface area (Å²) >= 11 is 0. The zero-order chi connectivity index (χ0) is 29.7. The first kappa shape index (κ1) is 28.8. The molecule has 0 radical (unpaired) electrons. The molecule has 4 aromatic rings. The number of ether oxygens (including phenoxy) is 2. The van der Waals surface area contributed by atoms with Crippen LogP contribution in [0.4, 0.5) is 0 Å². The van der Waals surface area contributed by atoms with Crippen molar-refractivity contribution < 1.29 is 44.6 Å². The summed E-state index contributed by atoms with van der Waals surface area (Å²) < 4.78 is 11.3. The first-order valence-corrected chi connectivity index (χ1v) is 13.0. The van der Waals surface area contributed by atoms with Crippen LogP contribution < -0.4 is 9.47 Å². The number of aromatic hydroxyl groups is 5. The summed E-state index contributed by atoms with van der Waals surface area (Å²) in [6.45, 7) is 3.90. The average Bonchev–Trinajstić information content (AvgIpc) is 2.93. The molecule has 0 aromatic heterocycles. The van der Waals surface area contributed by atoms with Crippen LogP contribution in [0, 0.1) is 5.92 Å². The second-order valence-corrected chi connectivity index (χ2v) is 9.71. The summed E-state index contributed by atoms with van der Waals surface area (Å²) in [5.41, 5.74) is 0.221. The van der Waals surface area contributed by atoms with Crippen molar-refractivity contribution >= 4 is 11.9 Å². The van der Waals surface area contributed by atoms with Gasteiger partial charge < -0.3 is 35.0 Å². The van der Waals surface area contributed by atoms with Gasteiger partial charge in [0.25, 0.3) is 0 Å². The zero-order valence-electron chi connectivity index (χ0n) is 22.5. The number of benzene rings is 4. The summed E-state index contributed by atoms with van der Waals surface area (Å²) in [6.07, 6.45) is 1.70. The number of hydrogen-bond acceptors (Lipinski definition) is 9. The third kappa shape index (κ3) is 6.52. The fourth-order valence-electron chi connectivity index (χ4n) is 4.45. The van der Waals surface area contributed by atoms with Crippen molar-refractivity contribution in [2.75, 3.05) is 0 Å². The molecule has 212 valence electrons. The summed E-state index contributed by atoms with van der Waals surface area (Å²) in [6, 6.07) is 16.3. The Morgan fingerprint density at radius 1 is 0.659 bits per heavy atom. The van der Waals surface area contributed by atoms with Gasteiger partial charge in [-0.1, -0.05) is 51.0 Å². The molecule has 5 N–H and O–H groups in total. The highest BCUT2D eigenvalue weighted by Crippen LogP contribution is 2.56. The van der Waals surface area contributed by atoms with E-state index in [9.17, 15) is 35.1 Å². The molecule has 0 aliphatic carbocycles. The highest BCUT2D eigenvalue weighted by atomic mass is 16.6. The van der Waals surface area contributed by atoms with Gasteiger partial charge in [0.15, 0.2) is 23.0 Å². The molecule has 0 aliphatic heterocycles. The van der Waals surface area contributed by atoms with Crippen LogP contribution in [0.2, 0.25) is 0 Å². The minimum atomic E-state index is -0.908. The molecule has 9 heteroatoms. The van der Waals surface area contributed by atoms with Gasteiger partial charge in [0.2, 0.25) is 0 Å². The quantitative estimate of drug-likeness (QED) is 0.0880. The smallest absolute Gasteiger partial charge is 0.343 e. The van der Waals surface area contributed by atoms with Gasteiger partial charge in [-0.05, 0) is 65.6 Å². The number of rotatable bonds is 9. The molecule has 1 unspecified atom stereocenters. The molecule has 9 nitrogen and oxygen atoms in total. The first-order chi connectivity index (χ1) is 19.6. The second-order valence-electron chi connectivity index (χ2n) is 9.71. The highest BCUT2D eigenvalue weighted by Gasteiger charge is 2.31. The Morgan fingerprint density at radius 3 is 1.51 bits per heavy atom. The number of esters is 2. The fraction of sp³-hybridized carbons (Fsp3) is 0.188. The number of phenolic OH excluding ortho intramolecular Hbond substituents is 5. The van der Waals surface area contributed by atoms with Crippen molar-refractivity contribution in [1.29, 1.82) is 0 Å². The van der Waals surface area contributed by atoms with E-state index >= 15 is 0 Å². The van der Waals surface area contributed by atoms with Crippen LogP contribution in [-0.4, -0.2) is 37.5 Å². The molecular formula is C32H30O9. The van der Waals surface area contributed by atoms with Gasteiger partial charge >= 0.3 is 11.9 Å².